The third kappa shape index (κ3) is 8.08. The molecular formula is C19H34IN5O2. The summed E-state index contributed by atoms with van der Waals surface area (Å²) in [4.78, 5) is 20.3. The van der Waals surface area contributed by atoms with Gasteiger partial charge in [0.05, 0.1) is 12.3 Å². The zero-order chi connectivity index (χ0) is 18.9. The third-order valence-corrected chi connectivity index (χ3v) is 4.46. The highest BCUT2D eigenvalue weighted by atomic mass is 127. The minimum Gasteiger partial charge on any atom is -0.468 e. The molecule has 27 heavy (non-hydrogen) atoms. The molecule has 1 amide bonds. The van der Waals surface area contributed by atoms with Gasteiger partial charge in [-0.1, -0.05) is 13.8 Å². The van der Waals surface area contributed by atoms with E-state index in [9.17, 15) is 4.79 Å². The molecule has 1 aromatic heterocycles. The number of rotatable bonds is 8. The molecule has 154 valence electrons. The van der Waals surface area contributed by atoms with E-state index in [0.29, 0.717) is 18.4 Å². The van der Waals surface area contributed by atoms with E-state index in [-0.39, 0.29) is 42.5 Å². The van der Waals surface area contributed by atoms with Crippen molar-refractivity contribution >= 4 is 35.8 Å². The van der Waals surface area contributed by atoms with Crippen LogP contribution in [0, 0.1) is 5.92 Å². The standard InChI is InChI=1S/C19H33N5O2.HI/c1-15(2)12-20-19(22-14-18(25)23(3)4)21-13-16(17-8-7-11-26-17)24-9-5-6-10-24;/h7-8,11,15-16H,5-6,9-10,12-14H2,1-4H3,(H2,20,21,22);1H. The van der Waals surface area contributed by atoms with E-state index in [1.165, 1.54) is 12.8 Å². The number of carbonyl (C=O) groups is 1. The Hall–Kier alpha value is -1.29. The van der Waals surface area contributed by atoms with Crippen LogP contribution >= 0.6 is 24.0 Å². The number of nitrogens with zero attached hydrogens (tertiary/aromatic N) is 3. The van der Waals surface area contributed by atoms with Crippen molar-refractivity contribution < 1.29 is 9.21 Å². The topological polar surface area (TPSA) is 73.1 Å². The van der Waals surface area contributed by atoms with Gasteiger partial charge in [-0.3, -0.25) is 9.69 Å². The van der Waals surface area contributed by atoms with Crippen LogP contribution in [0.15, 0.2) is 27.8 Å². The van der Waals surface area contributed by atoms with Crippen LogP contribution in [0.4, 0.5) is 0 Å². The molecule has 1 unspecified atom stereocenters. The Labute approximate surface area is 180 Å². The molecule has 1 saturated heterocycles. The highest BCUT2D eigenvalue weighted by Crippen LogP contribution is 2.24. The first kappa shape index (κ1) is 23.7. The van der Waals surface area contributed by atoms with Crippen molar-refractivity contribution in [1.82, 2.24) is 20.4 Å². The fourth-order valence-corrected chi connectivity index (χ4v) is 2.90. The molecule has 1 fully saturated rings. The smallest absolute Gasteiger partial charge is 0.243 e. The average molecular weight is 491 g/mol. The van der Waals surface area contributed by atoms with Crippen molar-refractivity contribution in [1.29, 1.82) is 0 Å². The molecular weight excluding hydrogens is 457 g/mol. The van der Waals surface area contributed by atoms with E-state index in [4.69, 9.17) is 4.42 Å². The Balaban J connectivity index is 0.00000364. The number of likely N-dealkylation sites (N-methyl/N-ethyl adjacent to an activating group) is 1. The number of amides is 1. The van der Waals surface area contributed by atoms with Gasteiger partial charge >= 0.3 is 0 Å². The third-order valence-electron chi connectivity index (χ3n) is 4.46. The van der Waals surface area contributed by atoms with Crippen molar-refractivity contribution in [2.75, 3.05) is 46.8 Å². The number of hydrogen-bond donors (Lipinski definition) is 2. The maximum atomic E-state index is 11.9. The SMILES string of the molecule is CC(C)CNC(=NCC(=O)N(C)C)NCC(c1ccco1)N1CCCC1.I. The molecule has 0 bridgehead atoms. The molecule has 2 N–H and O–H groups in total. The van der Waals surface area contributed by atoms with E-state index in [1.807, 2.05) is 12.1 Å². The van der Waals surface area contributed by atoms with E-state index < -0.39 is 0 Å². The van der Waals surface area contributed by atoms with Crippen molar-refractivity contribution in [3.63, 3.8) is 0 Å². The molecule has 0 spiro atoms. The summed E-state index contributed by atoms with van der Waals surface area (Å²) in [6.07, 6.45) is 4.17. The van der Waals surface area contributed by atoms with Crippen LogP contribution in [0.1, 0.15) is 38.5 Å². The van der Waals surface area contributed by atoms with Gasteiger partial charge in [0, 0.05) is 27.2 Å². The van der Waals surface area contributed by atoms with Gasteiger partial charge in [-0.25, -0.2) is 4.99 Å². The van der Waals surface area contributed by atoms with Gasteiger partial charge in [-0.15, -0.1) is 24.0 Å². The Kier molecular flexibility index (Phi) is 10.8. The lowest BCUT2D eigenvalue weighted by Gasteiger charge is -2.27. The van der Waals surface area contributed by atoms with Gasteiger partial charge in [-0.05, 0) is 44.0 Å². The van der Waals surface area contributed by atoms with Crippen molar-refractivity contribution in [2.24, 2.45) is 10.9 Å². The van der Waals surface area contributed by atoms with Crippen LogP contribution in [-0.4, -0.2) is 68.5 Å². The predicted octanol–water partition coefficient (Wildman–Crippen LogP) is 2.31. The highest BCUT2D eigenvalue weighted by Gasteiger charge is 2.25. The number of guanidine groups is 1. The Morgan fingerprint density at radius 3 is 2.48 bits per heavy atom. The summed E-state index contributed by atoms with van der Waals surface area (Å²) in [7, 11) is 3.49. The van der Waals surface area contributed by atoms with Crippen molar-refractivity contribution in [2.45, 2.75) is 32.7 Å². The number of nitrogens with one attached hydrogen (secondary N) is 2. The Morgan fingerprint density at radius 2 is 1.93 bits per heavy atom. The number of likely N-dealkylation sites (tertiary alicyclic amines) is 1. The molecule has 0 saturated carbocycles. The van der Waals surface area contributed by atoms with Gasteiger partial charge in [0.1, 0.15) is 12.3 Å². The van der Waals surface area contributed by atoms with Gasteiger partial charge < -0.3 is 20.0 Å². The fraction of sp³-hybridized carbons (Fsp3) is 0.684. The second-order valence-corrected chi connectivity index (χ2v) is 7.38. The van der Waals surface area contributed by atoms with Crippen LogP contribution in [0.5, 0.6) is 0 Å². The van der Waals surface area contributed by atoms with Gasteiger partial charge in [0.15, 0.2) is 5.96 Å². The minimum atomic E-state index is -0.0159. The molecule has 1 aliphatic rings. The second-order valence-electron chi connectivity index (χ2n) is 7.38. The lowest BCUT2D eigenvalue weighted by Crippen LogP contribution is -2.44. The number of halogens is 1. The number of carbonyl (C=O) groups excluding carboxylic acids is 1. The maximum absolute atomic E-state index is 11.9. The molecule has 0 aromatic carbocycles. The monoisotopic (exact) mass is 491 g/mol. The molecule has 1 atom stereocenters. The first-order valence-corrected chi connectivity index (χ1v) is 9.47. The fourth-order valence-electron chi connectivity index (χ4n) is 2.90. The lowest BCUT2D eigenvalue weighted by atomic mass is 10.2. The van der Waals surface area contributed by atoms with Crippen LogP contribution in [-0.2, 0) is 4.79 Å². The maximum Gasteiger partial charge on any atom is 0.243 e. The molecule has 1 aliphatic heterocycles. The van der Waals surface area contributed by atoms with Gasteiger partial charge in [-0.2, -0.15) is 0 Å². The number of aliphatic imine (C=N–C) groups is 1. The molecule has 0 radical (unpaired) electrons. The lowest BCUT2D eigenvalue weighted by molar-refractivity contribution is -0.127. The molecule has 2 rings (SSSR count). The van der Waals surface area contributed by atoms with Crippen LogP contribution in [0.2, 0.25) is 0 Å². The molecule has 7 nitrogen and oxygen atoms in total. The first-order valence-electron chi connectivity index (χ1n) is 9.47. The van der Waals surface area contributed by atoms with E-state index in [2.05, 4.69) is 34.4 Å². The minimum absolute atomic E-state index is 0. The zero-order valence-electron chi connectivity index (χ0n) is 16.9. The number of furan rings is 1. The molecule has 0 aliphatic carbocycles. The summed E-state index contributed by atoms with van der Waals surface area (Å²) in [6, 6.07) is 4.13. The van der Waals surface area contributed by atoms with Gasteiger partial charge in [0.25, 0.3) is 0 Å². The summed E-state index contributed by atoms with van der Waals surface area (Å²) < 4.78 is 5.67. The zero-order valence-corrected chi connectivity index (χ0v) is 19.2. The number of hydrogen-bond acceptors (Lipinski definition) is 4. The van der Waals surface area contributed by atoms with Gasteiger partial charge in [0.2, 0.25) is 5.91 Å². The van der Waals surface area contributed by atoms with E-state index >= 15 is 0 Å². The summed E-state index contributed by atoms with van der Waals surface area (Å²) in [5.41, 5.74) is 0. The molecule has 1 aromatic rings. The summed E-state index contributed by atoms with van der Waals surface area (Å²) in [6.45, 7) is 8.08. The van der Waals surface area contributed by atoms with Crippen LogP contribution in [0.25, 0.3) is 0 Å². The van der Waals surface area contributed by atoms with E-state index in [1.54, 1.807) is 25.3 Å². The summed E-state index contributed by atoms with van der Waals surface area (Å²) in [5.74, 6) is 2.11. The normalized spacial score (nSPS) is 16.1. The first-order chi connectivity index (χ1) is 12.5. The predicted molar refractivity (Wildman–Crippen MR) is 120 cm³/mol. The molecule has 2 heterocycles. The summed E-state index contributed by atoms with van der Waals surface area (Å²) in [5, 5.41) is 6.72. The Bertz CT molecular complexity index is 569. The quantitative estimate of drug-likeness (QED) is 0.332. The highest BCUT2D eigenvalue weighted by molar-refractivity contribution is 14.0. The largest absolute Gasteiger partial charge is 0.468 e. The summed E-state index contributed by atoms with van der Waals surface area (Å²) >= 11 is 0. The van der Waals surface area contributed by atoms with Crippen LogP contribution < -0.4 is 10.6 Å². The van der Waals surface area contributed by atoms with Crippen molar-refractivity contribution in [3.8, 4) is 0 Å². The van der Waals surface area contributed by atoms with E-state index in [0.717, 1.165) is 25.4 Å². The second kappa shape index (κ2) is 12.2. The average Bonchev–Trinajstić information content (AvgIpc) is 3.30. The van der Waals surface area contributed by atoms with Crippen LogP contribution in [0.3, 0.4) is 0 Å². The molecule has 8 heteroatoms. The van der Waals surface area contributed by atoms with Crippen molar-refractivity contribution in [3.05, 3.63) is 24.2 Å². The Morgan fingerprint density at radius 1 is 1.26 bits per heavy atom.